The first-order valence-corrected chi connectivity index (χ1v) is 13.4. The lowest BCUT2D eigenvalue weighted by Crippen LogP contribution is -2.18. The summed E-state index contributed by atoms with van der Waals surface area (Å²) in [6.07, 6.45) is 0. The highest BCUT2D eigenvalue weighted by Gasteiger charge is 2.24. The van der Waals surface area contributed by atoms with E-state index in [1.807, 2.05) is 48.6 Å². The number of nitrogens with zero attached hydrogens (tertiary/aromatic N) is 4. The van der Waals surface area contributed by atoms with Crippen LogP contribution in [0, 0.1) is 22.7 Å². The number of thioether (sulfide) groups is 1. The third-order valence-corrected chi connectivity index (χ3v) is 7.36. The molecule has 5 N–H and O–H groups in total. The average Bonchev–Trinajstić information content (AvgIpc) is 3.38. The minimum atomic E-state index is -0.0923. The number of benzene rings is 2. The van der Waals surface area contributed by atoms with Crippen molar-refractivity contribution in [3.8, 4) is 29.0 Å². The predicted octanol–water partition coefficient (Wildman–Crippen LogP) is 4.42. The average molecular weight is 545 g/mol. The van der Waals surface area contributed by atoms with Crippen LogP contribution in [0.15, 0.2) is 58.9 Å². The van der Waals surface area contributed by atoms with E-state index >= 15 is 0 Å². The molecular formula is C27H26N7O2S2+. The maximum absolute atomic E-state index is 10.0. The zero-order valence-corrected chi connectivity index (χ0v) is 22.5. The van der Waals surface area contributed by atoms with Crippen LogP contribution in [0.25, 0.3) is 11.1 Å². The fraction of sp³-hybridized carbons (Fsp3) is 0.185. The third-order valence-electron chi connectivity index (χ3n) is 5.52. The number of pyridine rings is 1. The van der Waals surface area contributed by atoms with Crippen molar-refractivity contribution in [1.29, 1.82) is 10.5 Å². The van der Waals surface area contributed by atoms with Gasteiger partial charge in [-0.1, -0.05) is 23.9 Å². The van der Waals surface area contributed by atoms with Gasteiger partial charge in [-0.05, 0) is 42.0 Å². The van der Waals surface area contributed by atoms with Crippen LogP contribution in [0.2, 0.25) is 0 Å². The molecule has 0 saturated heterocycles. The Morgan fingerprint density at radius 3 is 2.45 bits per heavy atom. The van der Waals surface area contributed by atoms with Gasteiger partial charge in [0.1, 0.15) is 35.6 Å². The Balaban J connectivity index is 1.54. The summed E-state index contributed by atoms with van der Waals surface area (Å²) in [5.74, 6) is 1.26. The third kappa shape index (κ3) is 6.15. The zero-order valence-electron chi connectivity index (χ0n) is 20.9. The second kappa shape index (κ2) is 12.3. The molecule has 0 unspecified atom stereocenters. The quantitative estimate of drug-likeness (QED) is 0.247. The maximum atomic E-state index is 10.0. The SMILES string of the molecule is CN(C)c1ccc(Nc2nc(CSc3[nH+]c(N)c(C#N)c(-c4ccc(OCCO)cc4)c3C#N)cs2)cc1. The van der Waals surface area contributed by atoms with Gasteiger partial charge < -0.3 is 20.1 Å². The van der Waals surface area contributed by atoms with Crippen LogP contribution in [-0.4, -0.2) is 37.4 Å². The van der Waals surface area contributed by atoms with Crippen molar-refractivity contribution >= 4 is 45.4 Å². The molecular weight excluding hydrogens is 518 g/mol. The van der Waals surface area contributed by atoms with Gasteiger partial charge in [-0.2, -0.15) is 10.5 Å². The van der Waals surface area contributed by atoms with Crippen molar-refractivity contribution in [3.63, 3.8) is 0 Å². The van der Waals surface area contributed by atoms with E-state index < -0.39 is 0 Å². The van der Waals surface area contributed by atoms with E-state index in [9.17, 15) is 10.5 Å². The first kappa shape index (κ1) is 26.8. The summed E-state index contributed by atoms with van der Waals surface area (Å²) < 4.78 is 5.42. The van der Waals surface area contributed by atoms with Crippen LogP contribution < -0.4 is 25.7 Å². The monoisotopic (exact) mass is 544 g/mol. The normalized spacial score (nSPS) is 10.4. The number of aliphatic hydroxyl groups is 1. The van der Waals surface area contributed by atoms with E-state index in [0.29, 0.717) is 33.2 Å². The summed E-state index contributed by atoms with van der Waals surface area (Å²) in [5, 5.41) is 35.4. The van der Waals surface area contributed by atoms with Gasteiger partial charge in [-0.25, -0.2) is 9.97 Å². The highest BCUT2D eigenvalue weighted by molar-refractivity contribution is 7.98. The summed E-state index contributed by atoms with van der Waals surface area (Å²) in [6, 6.07) is 19.4. The smallest absolute Gasteiger partial charge is 0.289 e. The molecule has 0 aliphatic heterocycles. The van der Waals surface area contributed by atoms with Crippen LogP contribution in [0.4, 0.5) is 22.3 Å². The Morgan fingerprint density at radius 2 is 1.82 bits per heavy atom. The molecule has 38 heavy (non-hydrogen) atoms. The standard InChI is InChI=1S/C27H25N7O2S2/c1-34(2)20-7-5-18(6-8-20)31-27-32-19(16-38-27)15-37-26-23(14-29)24(22(13-28)25(30)33-26)17-3-9-21(10-4-17)36-12-11-35/h3-10,16,35H,11-12,15H2,1-2H3,(H2,30,33)(H,31,32)/p+1. The fourth-order valence-corrected chi connectivity index (χ4v) is 5.41. The lowest BCUT2D eigenvalue weighted by atomic mass is 9.97. The van der Waals surface area contributed by atoms with Crippen molar-refractivity contribution in [3.05, 3.63) is 70.7 Å². The molecule has 4 aromatic rings. The molecule has 4 rings (SSSR count). The number of hydrogen-bond acceptors (Lipinski definition) is 10. The number of H-pyrrole nitrogens is 1. The minimum Gasteiger partial charge on any atom is -0.491 e. The Labute approximate surface area is 229 Å². The van der Waals surface area contributed by atoms with Crippen molar-refractivity contribution in [2.75, 3.05) is 43.3 Å². The van der Waals surface area contributed by atoms with Crippen molar-refractivity contribution < 1.29 is 14.8 Å². The first-order valence-electron chi connectivity index (χ1n) is 11.6. The van der Waals surface area contributed by atoms with Crippen LogP contribution in [0.1, 0.15) is 16.8 Å². The molecule has 0 saturated carbocycles. The van der Waals surface area contributed by atoms with Crippen molar-refractivity contribution in [2.24, 2.45) is 0 Å². The zero-order chi connectivity index (χ0) is 27.1. The Kier molecular flexibility index (Phi) is 8.66. The maximum Gasteiger partial charge on any atom is 0.289 e. The molecule has 11 heteroatoms. The number of anilines is 4. The highest BCUT2D eigenvalue weighted by Crippen LogP contribution is 2.35. The Bertz CT molecular complexity index is 1490. The number of nitrogens with two attached hydrogens (primary N) is 1. The van der Waals surface area contributed by atoms with E-state index in [0.717, 1.165) is 22.2 Å². The Morgan fingerprint density at radius 1 is 1.11 bits per heavy atom. The van der Waals surface area contributed by atoms with Gasteiger partial charge in [0.05, 0.1) is 12.3 Å². The molecule has 192 valence electrons. The largest absolute Gasteiger partial charge is 0.491 e. The number of nitrogens with one attached hydrogen (secondary N) is 2. The highest BCUT2D eigenvalue weighted by atomic mass is 32.2. The van der Waals surface area contributed by atoms with E-state index in [2.05, 4.69) is 27.4 Å². The van der Waals surface area contributed by atoms with Crippen LogP contribution >= 0.6 is 23.1 Å². The molecule has 0 atom stereocenters. The van der Waals surface area contributed by atoms with Gasteiger partial charge in [0.15, 0.2) is 10.2 Å². The predicted molar refractivity (Wildman–Crippen MR) is 151 cm³/mol. The molecule has 0 spiro atoms. The minimum absolute atomic E-state index is 0.0923. The molecule has 0 fully saturated rings. The van der Waals surface area contributed by atoms with E-state index in [-0.39, 0.29) is 24.6 Å². The van der Waals surface area contributed by atoms with Gasteiger partial charge in [-0.3, -0.25) is 5.73 Å². The number of ether oxygens (including phenoxy) is 1. The summed E-state index contributed by atoms with van der Waals surface area (Å²) in [5.41, 5.74) is 10.8. The summed E-state index contributed by atoms with van der Waals surface area (Å²) in [4.78, 5) is 9.74. The molecule has 2 heterocycles. The lowest BCUT2D eigenvalue weighted by Gasteiger charge is -2.12. The van der Waals surface area contributed by atoms with Gasteiger partial charge in [0.2, 0.25) is 0 Å². The van der Waals surface area contributed by atoms with Crippen molar-refractivity contribution in [2.45, 2.75) is 10.8 Å². The molecule has 0 bridgehead atoms. The molecule has 0 aliphatic carbocycles. The molecule has 0 aliphatic rings. The number of aliphatic hydroxyl groups excluding tert-OH is 1. The number of hydrogen-bond donors (Lipinski definition) is 3. The number of rotatable bonds is 10. The first-order chi connectivity index (χ1) is 18.4. The second-order valence-corrected chi connectivity index (χ2v) is 10.2. The molecule has 2 aromatic heterocycles. The number of aromatic nitrogens is 2. The van der Waals surface area contributed by atoms with Crippen LogP contribution in [-0.2, 0) is 5.75 Å². The van der Waals surface area contributed by atoms with Crippen LogP contribution in [0.5, 0.6) is 5.75 Å². The number of nitrogen functional groups attached to an aromatic ring is 1. The molecule has 0 amide bonds. The second-order valence-electron chi connectivity index (χ2n) is 8.31. The summed E-state index contributed by atoms with van der Waals surface area (Å²) in [7, 11) is 4.00. The topological polar surface area (TPSA) is 145 Å². The summed E-state index contributed by atoms with van der Waals surface area (Å²) in [6.45, 7) is 0.0851. The molecule has 9 nitrogen and oxygen atoms in total. The lowest BCUT2D eigenvalue weighted by molar-refractivity contribution is -0.410. The van der Waals surface area contributed by atoms with Gasteiger partial charge in [-0.15, -0.1) is 11.3 Å². The van der Waals surface area contributed by atoms with Crippen molar-refractivity contribution in [1.82, 2.24) is 4.98 Å². The number of aromatic amines is 1. The van der Waals surface area contributed by atoms with Crippen LogP contribution in [0.3, 0.4) is 0 Å². The van der Waals surface area contributed by atoms with E-state index in [1.54, 1.807) is 24.3 Å². The fourth-order valence-electron chi connectivity index (χ4n) is 3.66. The molecule has 0 radical (unpaired) electrons. The van der Waals surface area contributed by atoms with Gasteiger partial charge >= 0.3 is 0 Å². The Hall–Kier alpha value is -4.29. The molecule has 2 aromatic carbocycles. The van der Waals surface area contributed by atoms with E-state index in [1.165, 1.54) is 23.1 Å². The number of nitriles is 2. The van der Waals surface area contributed by atoms with E-state index in [4.69, 9.17) is 15.6 Å². The van der Waals surface area contributed by atoms with Gasteiger partial charge in [0.25, 0.3) is 5.82 Å². The summed E-state index contributed by atoms with van der Waals surface area (Å²) >= 11 is 2.90. The number of thiazole rings is 1. The van der Waals surface area contributed by atoms with Gasteiger partial charge in [0, 0.05) is 42.2 Å².